The topological polar surface area (TPSA) is 68.8 Å². The Morgan fingerprint density at radius 1 is 1.41 bits per heavy atom. The molecular weight excluding hydrogens is 280 g/mol. The van der Waals surface area contributed by atoms with Crippen molar-refractivity contribution in [2.75, 3.05) is 6.54 Å². The maximum absolute atomic E-state index is 12.5. The van der Waals surface area contributed by atoms with Crippen LogP contribution in [-0.4, -0.2) is 41.7 Å². The molecule has 0 fully saturated rings. The second-order valence-electron chi connectivity index (χ2n) is 6.33. The summed E-state index contributed by atoms with van der Waals surface area (Å²) < 4.78 is 3.99. The van der Waals surface area contributed by atoms with Crippen LogP contribution in [0.25, 0.3) is 0 Å². The van der Waals surface area contributed by atoms with Gasteiger partial charge in [-0.1, -0.05) is 13.8 Å². The fourth-order valence-corrected chi connectivity index (χ4v) is 3.12. The van der Waals surface area contributed by atoms with Crippen LogP contribution in [0.2, 0.25) is 0 Å². The number of aryl methyl sites for hydroxylation is 1. The molecule has 0 N–H and O–H groups in total. The van der Waals surface area contributed by atoms with Gasteiger partial charge in [0.05, 0.1) is 18.9 Å². The first-order chi connectivity index (χ1) is 10.5. The number of imidazole rings is 1. The number of nitrogens with zero attached hydrogens (tertiary/aromatic N) is 6. The fraction of sp³-hybridized carbons (Fsp3) is 0.600. The highest BCUT2D eigenvalue weighted by molar-refractivity contribution is 5.76. The molecule has 1 aliphatic rings. The highest BCUT2D eigenvalue weighted by atomic mass is 16.2. The van der Waals surface area contributed by atoms with Gasteiger partial charge in [-0.25, -0.2) is 4.98 Å². The zero-order valence-electron chi connectivity index (χ0n) is 13.3. The van der Waals surface area contributed by atoms with Gasteiger partial charge in [-0.05, 0) is 19.3 Å². The summed E-state index contributed by atoms with van der Waals surface area (Å²) in [4.78, 5) is 18.4. The zero-order valence-corrected chi connectivity index (χ0v) is 13.3. The van der Waals surface area contributed by atoms with Gasteiger partial charge in [0, 0.05) is 18.9 Å². The van der Waals surface area contributed by atoms with Crippen molar-refractivity contribution >= 4 is 5.91 Å². The lowest BCUT2D eigenvalue weighted by Gasteiger charge is -2.35. The lowest BCUT2D eigenvalue weighted by Crippen LogP contribution is -2.43. The van der Waals surface area contributed by atoms with Crippen molar-refractivity contribution in [2.24, 2.45) is 5.92 Å². The van der Waals surface area contributed by atoms with Gasteiger partial charge in [0.1, 0.15) is 12.4 Å². The molecule has 0 unspecified atom stereocenters. The number of fused-ring (bicyclic) bond motifs is 1. The van der Waals surface area contributed by atoms with E-state index in [4.69, 9.17) is 0 Å². The Morgan fingerprint density at radius 2 is 2.23 bits per heavy atom. The molecule has 3 rings (SSSR count). The molecule has 7 heteroatoms. The van der Waals surface area contributed by atoms with Crippen molar-refractivity contribution in [1.82, 2.24) is 29.2 Å². The molecule has 0 saturated heterocycles. The summed E-state index contributed by atoms with van der Waals surface area (Å²) in [6, 6.07) is 0.255. The third-order valence-corrected chi connectivity index (χ3v) is 4.04. The summed E-state index contributed by atoms with van der Waals surface area (Å²) in [5, 5.41) is 8.43. The largest absolute Gasteiger partial charge is 0.332 e. The van der Waals surface area contributed by atoms with Crippen molar-refractivity contribution in [1.29, 1.82) is 0 Å². The van der Waals surface area contributed by atoms with E-state index in [2.05, 4.69) is 33.6 Å². The highest BCUT2D eigenvalue weighted by Gasteiger charge is 2.30. The third-order valence-electron chi connectivity index (χ3n) is 4.04. The lowest BCUT2D eigenvalue weighted by molar-refractivity contribution is -0.134. The van der Waals surface area contributed by atoms with E-state index in [0.717, 1.165) is 24.6 Å². The maximum atomic E-state index is 12.5. The molecular formula is C15H22N6O. The average molecular weight is 302 g/mol. The van der Waals surface area contributed by atoms with E-state index in [0.29, 0.717) is 19.0 Å². The minimum absolute atomic E-state index is 0.0960. The average Bonchev–Trinajstić information content (AvgIpc) is 3.08. The number of amides is 1. The van der Waals surface area contributed by atoms with Gasteiger partial charge in [0.2, 0.25) is 5.91 Å². The predicted molar refractivity (Wildman–Crippen MR) is 80.9 cm³/mol. The van der Waals surface area contributed by atoms with Crippen LogP contribution < -0.4 is 0 Å². The number of hydrogen-bond donors (Lipinski definition) is 0. The first-order valence-electron chi connectivity index (χ1n) is 7.68. The summed E-state index contributed by atoms with van der Waals surface area (Å²) in [6.07, 6.45) is 6.17. The first kappa shape index (κ1) is 14.7. The highest BCUT2D eigenvalue weighted by Crippen LogP contribution is 2.27. The molecule has 2 aromatic rings. The fourth-order valence-electron chi connectivity index (χ4n) is 3.12. The van der Waals surface area contributed by atoms with Gasteiger partial charge in [-0.2, -0.15) is 0 Å². The van der Waals surface area contributed by atoms with Crippen LogP contribution >= 0.6 is 0 Å². The van der Waals surface area contributed by atoms with Crippen LogP contribution in [0.4, 0.5) is 0 Å². The normalized spacial score (nSPS) is 17.8. The smallest absolute Gasteiger partial charge is 0.243 e. The molecule has 0 aliphatic carbocycles. The molecule has 0 radical (unpaired) electrons. The molecule has 2 aromatic heterocycles. The van der Waals surface area contributed by atoms with E-state index in [1.807, 2.05) is 11.8 Å². The standard InChI is InChI=1S/C15H22N6O/c1-11(2)6-13-7-20(8-14-18-17-12(3)21(13)14)15(22)9-19-5-4-16-10-19/h4-5,10-11,13H,6-9H2,1-3H3/t13-/m0/s1. The molecule has 0 saturated carbocycles. The molecule has 118 valence electrons. The third kappa shape index (κ3) is 2.88. The molecule has 22 heavy (non-hydrogen) atoms. The van der Waals surface area contributed by atoms with Gasteiger partial charge in [0.25, 0.3) is 0 Å². The van der Waals surface area contributed by atoms with Crippen LogP contribution in [0.5, 0.6) is 0 Å². The van der Waals surface area contributed by atoms with E-state index in [1.54, 1.807) is 23.3 Å². The van der Waals surface area contributed by atoms with Crippen molar-refractivity contribution in [3.05, 3.63) is 30.4 Å². The van der Waals surface area contributed by atoms with Crippen LogP contribution in [-0.2, 0) is 17.9 Å². The Balaban J connectivity index is 1.79. The van der Waals surface area contributed by atoms with Crippen LogP contribution in [0.15, 0.2) is 18.7 Å². The van der Waals surface area contributed by atoms with Gasteiger partial charge >= 0.3 is 0 Å². The molecule has 0 spiro atoms. The molecule has 3 heterocycles. The Morgan fingerprint density at radius 3 is 2.91 bits per heavy atom. The molecule has 0 aromatic carbocycles. The predicted octanol–water partition coefficient (Wildman–Crippen LogP) is 1.41. The molecule has 1 amide bonds. The van der Waals surface area contributed by atoms with Crippen molar-refractivity contribution in [2.45, 2.75) is 46.3 Å². The van der Waals surface area contributed by atoms with Crippen molar-refractivity contribution in [3.8, 4) is 0 Å². The molecule has 7 nitrogen and oxygen atoms in total. The van der Waals surface area contributed by atoms with Crippen LogP contribution in [0.3, 0.4) is 0 Å². The van der Waals surface area contributed by atoms with E-state index in [9.17, 15) is 4.79 Å². The molecule has 0 bridgehead atoms. The van der Waals surface area contributed by atoms with Crippen LogP contribution in [0, 0.1) is 12.8 Å². The van der Waals surface area contributed by atoms with Gasteiger partial charge in [-0.3, -0.25) is 4.79 Å². The number of rotatable bonds is 4. The summed E-state index contributed by atoms with van der Waals surface area (Å²) in [6.45, 7) is 7.95. The summed E-state index contributed by atoms with van der Waals surface area (Å²) >= 11 is 0. The monoisotopic (exact) mass is 302 g/mol. The molecule has 1 aliphatic heterocycles. The van der Waals surface area contributed by atoms with E-state index < -0.39 is 0 Å². The summed E-state index contributed by atoms with van der Waals surface area (Å²) in [5.41, 5.74) is 0. The SMILES string of the molecule is Cc1nnc2n1[C@@H](CC(C)C)CN(C(=O)Cn1ccnc1)C2. The Bertz CT molecular complexity index is 645. The number of aromatic nitrogens is 5. The summed E-state index contributed by atoms with van der Waals surface area (Å²) in [5.74, 6) is 2.47. The first-order valence-corrected chi connectivity index (χ1v) is 7.68. The Kier molecular flexibility index (Phi) is 3.96. The van der Waals surface area contributed by atoms with E-state index in [-0.39, 0.29) is 11.9 Å². The van der Waals surface area contributed by atoms with E-state index in [1.165, 1.54) is 0 Å². The van der Waals surface area contributed by atoms with Gasteiger partial charge in [0.15, 0.2) is 5.82 Å². The Hall–Kier alpha value is -2.18. The molecule has 1 atom stereocenters. The number of hydrogen-bond acceptors (Lipinski definition) is 4. The number of carbonyl (C=O) groups is 1. The number of carbonyl (C=O) groups excluding carboxylic acids is 1. The quantitative estimate of drug-likeness (QED) is 0.856. The van der Waals surface area contributed by atoms with E-state index >= 15 is 0 Å². The maximum Gasteiger partial charge on any atom is 0.243 e. The Labute approximate surface area is 130 Å². The van der Waals surface area contributed by atoms with Crippen LogP contribution in [0.1, 0.15) is 38.0 Å². The zero-order chi connectivity index (χ0) is 15.7. The minimum atomic E-state index is 0.0960. The second kappa shape index (κ2) is 5.90. The lowest BCUT2D eigenvalue weighted by atomic mass is 10.0. The minimum Gasteiger partial charge on any atom is -0.332 e. The van der Waals surface area contributed by atoms with Crippen molar-refractivity contribution in [3.63, 3.8) is 0 Å². The van der Waals surface area contributed by atoms with Gasteiger partial charge in [-0.15, -0.1) is 10.2 Å². The van der Waals surface area contributed by atoms with Gasteiger partial charge < -0.3 is 14.0 Å². The second-order valence-corrected chi connectivity index (χ2v) is 6.33. The van der Waals surface area contributed by atoms with Crippen molar-refractivity contribution < 1.29 is 4.79 Å². The summed E-state index contributed by atoms with van der Waals surface area (Å²) in [7, 11) is 0.